The number of halogens is 2. The molecular weight excluding hydrogens is 524 g/mol. The summed E-state index contributed by atoms with van der Waals surface area (Å²) >= 11 is 7.16. The van der Waals surface area contributed by atoms with Gasteiger partial charge in [0.05, 0.1) is 11.4 Å². The molecule has 2 nitrogen and oxygen atoms in total. The molecular formula is C28H28Br2N2. The van der Waals surface area contributed by atoms with Crippen molar-refractivity contribution < 1.29 is 0 Å². The van der Waals surface area contributed by atoms with Crippen molar-refractivity contribution in [3.05, 3.63) is 87.3 Å². The molecule has 1 heterocycles. The van der Waals surface area contributed by atoms with Crippen LogP contribution in [0.3, 0.4) is 0 Å². The Bertz CT molecular complexity index is 1160. The van der Waals surface area contributed by atoms with E-state index in [2.05, 4.69) is 123 Å². The van der Waals surface area contributed by atoms with Gasteiger partial charge in [0.25, 0.3) is 0 Å². The lowest BCUT2D eigenvalue weighted by Gasteiger charge is -2.14. The Morgan fingerprint density at radius 3 is 1.84 bits per heavy atom. The summed E-state index contributed by atoms with van der Waals surface area (Å²) in [5.41, 5.74) is 6.96. The molecule has 0 N–H and O–H groups in total. The van der Waals surface area contributed by atoms with Gasteiger partial charge in [0, 0.05) is 32.2 Å². The van der Waals surface area contributed by atoms with E-state index in [-0.39, 0.29) is 0 Å². The highest BCUT2D eigenvalue weighted by atomic mass is 79.9. The average Bonchev–Trinajstić information content (AvgIpc) is 3.17. The first-order chi connectivity index (χ1) is 15.6. The van der Waals surface area contributed by atoms with Crippen LogP contribution in [0.15, 0.2) is 81.7 Å². The van der Waals surface area contributed by atoms with Crippen molar-refractivity contribution in [2.45, 2.75) is 46.1 Å². The zero-order valence-corrected chi connectivity index (χ0v) is 21.8. The average molecular weight is 552 g/mol. The molecule has 0 spiro atoms. The van der Waals surface area contributed by atoms with Crippen molar-refractivity contribution in [3.8, 4) is 33.9 Å². The maximum absolute atomic E-state index is 5.24. The van der Waals surface area contributed by atoms with Crippen LogP contribution in [0.4, 0.5) is 0 Å². The van der Waals surface area contributed by atoms with Gasteiger partial charge in [-0.25, -0.2) is 4.98 Å². The molecule has 0 unspecified atom stereocenters. The van der Waals surface area contributed by atoms with Crippen LogP contribution in [-0.4, -0.2) is 9.55 Å². The van der Waals surface area contributed by atoms with Gasteiger partial charge < -0.3 is 4.57 Å². The number of aromatic nitrogens is 2. The number of nitrogens with zero attached hydrogens (tertiary/aromatic N) is 2. The molecule has 0 aliphatic carbocycles. The van der Waals surface area contributed by atoms with E-state index >= 15 is 0 Å². The van der Waals surface area contributed by atoms with Crippen molar-refractivity contribution in [1.82, 2.24) is 9.55 Å². The fourth-order valence-electron chi connectivity index (χ4n) is 4.00. The molecule has 0 amide bonds. The molecule has 0 saturated heterocycles. The third-order valence-electron chi connectivity index (χ3n) is 5.75. The summed E-state index contributed by atoms with van der Waals surface area (Å²) in [7, 11) is 0. The second-order valence-corrected chi connectivity index (χ2v) is 10.1. The monoisotopic (exact) mass is 550 g/mol. The Labute approximate surface area is 208 Å². The Morgan fingerprint density at radius 2 is 1.25 bits per heavy atom. The van der Waals surface area contributed by atoms with Gasteiger partial charge in [0.15, 0.2) is 0 Å². The lowest BCUT2D eigenvalue weighted by atomic mass is 10.0. The van der Waals surface area contributed by atoms with E-state index in [1.54, 1.807) is 0 Å². The predicted octanol–water partition coefficient (Wildman–Crippen LogP) is 9.30. The summed E-state index contributed by atoms with van der Waals surface area (Å²) in [4.78, 5) is 5.24. The van der Waals surface area contributed by atoms with Gasteiger partial charge >= 0.3 is 0 Å². The first-order valence-electron chi connectivity index (χ1n) is 11.3. The van der Waals surface area contributed by atoms with Crippen molar-refractivity contribution in [2.75, 3.05) is 0 Å². The Kier molecular flexibility index (Phi) is 7.64. The summed E-state index contributed by atoms with van der Waals surface area (Å²) in [6.45, 7) is 5.34. The van der Waals surface area contributed by atoms with E-state index in [9.17, 15) is 0 Å². The molecule has 4 aromatic rings. The fourth-order valence-corrected chi connectivity index (χ4v) is 4.53. The molecule has 1 aromatic heterocycles. The quantitative estimate of drug-likeness (QED) is 0.199. The van der Waals surface area contributed by atoms with Crippen LogP contribution < -0.4 is 0 Å². The van der Waals surface area contributed by atoms with E-state index < -0.39 is 0 Å². The number of hydrogen-bond donors (Lipinski definition) is 0. The van der Waals surface area contributed by atoms with Crippen molar-refractivity contribution in [3.63, 3.8) is 0 Å². The number of rotatable bonds is 8. The third-order valence-corrected chi connectivity index (χ3v) is 6.81. The highest BCUT2D eigenvalue weighted by molar-refractivity contribution is 9.10. The zero-order chi connectivity index (χ0) is 22.5. The number of imidazole rings is 1. The number of aryl methyl sites for hydroxylation is 1. The molecule has 32 heavy (non-hydrogen) atoms. The minimum absolute atomic E-state index is 0.956. The normalized spacial score (nSPS) is 11.1. The molecule has 0 radical (unpaired) electrons. The smallest absolute Gasteiger partial charge is 0.141 e. The summed E-state index contributed by atoms with van der Waals surface area (Å²) < 4.78 is 4.59. The van der Waals surface area contributed by atoms with Crippen LogP contribution in [-0.2, 0) is 6.54 Å². The molecule has 4 rings (SSSR count). The van der Waals surface area contributed by atoms with Crippen LogP contribution in [0.1, 0.15) is 38.2 Å². The highest BCUT2D eigenvalue weighted by Crippen LogP contribution is 2.37. The summed E-state index contributed by atoms with van der Waals surface area (Å²) in [5.74, 6) is 1.04. The summed E-state index contributed by atoms with van der Waals surface area (Å²) in [5, 5.41) is 0. The van der Waals surface area contributed by atoms with Gasteiger partial charge in [-0.15, -0.1) is 0 Å². The lowest BCUT2D eigenvalue weighted by molar-refractivity contribution is 0.588. The molecule has 0 atom stereocenters. The van der Waals surface area contributed by atoms with E-state index in [1.165, 1.54) is 36.1 Å². The molecule has 4 heteroatoms. The molecule has 164 valence electrons. The van der Waals surface area contributed by atoms with Gasteiger partial charge in [0.2, 0.25) is 0 Å². The van der Waals surface area contributed by atoms with Crippen molar-refractivity contribution in [2.24, 2.45) is 0 Å². The molecule has 0 aliphatic heterocycles. The zero-order valence-electron chi connectivity index (χ0n) is 18.6. The van der Waals surface area contributed by atoms with Crippen LogP contribution in [0.2, 0.25) is 0 Å². The van der Waals surface area contributed by atoms with Gasteiger partial charge in [-0.05, 0) is 37.6 Å². The molecule has 0 fully saturated rings. The fraction of sp³-hybridized carbons (Fsp3) is 0.250. The lowest BCUT2D eigenvalue weighted by Crippen LogP contribution is -2.03. The second-order valence-electron chi connectivity index (χ2n) is 8.22. The summed E-state index contributed by atoms with van der Waals surface area (Å²) in [6.07, 6.45) is 4.88. The van der Waals surface area contributed by atoms with Crippen LogP contribution in [0.5, 0.6) is 0 Å². The minimum Gasteiger partial charge on any atom is -0.323 e. The first kappa shape index (κ1) is 23.0. The Hall–Kier alpha value is -2.17. The topological polar surface area (TPSA) is 17.8 Å². The maximum atomic E-state index is 5.24. The van der Waals surface area contributed by atoms with E-state index in [4.69, 9.17) is 4.98 Å². The molecule has 0 saturated carbocycles. The molecule has 3 aromatic carbocycles. The largest absolute Gasteiger partial charge is 0.323 e. The number of benzene rings is 3. The van der Waals surface area contributed by atoms with E-state index in [0.717, 1.165) is 44.6 Å². The maximum Gasteiger partial charge on any atom is 0.141 e. The second kappa shape index (κ2) is 10.6. The van der Waals surface area contributed by atoms with Crippen LogP contribution >= 0.6 is 31.9 Å². The van der Waals surface area contributed by atoms with E-state index in [1.807, 2.05) is 0 Å². The minimum atomic E-state index is 0.956. The third kappa shape index (κ3) is 5.24. The Morgan fingerprint density at radius 1 is 0.688 bits per heavy atom. The van der Waals surface area contributed by atoms with E-state index in [0.29, 0.717) is 0 Å². The summed E-state index contributed by atoms with van der Waals surface area (Å²) in [6, 6.07) is 25.8. The standard InChI is InChI=1S/C28H28Br2N2/c1-3-4-5-6-19-32-27(22-13-17-25(30)18-14-22)26(21-11-15-24(29)16-12-21)31-28(32)23-9-7-20(2)8-10-23/h7-18H,3-6,19H2,1-2H3. The first-order valence-corrected chi connectivity index (χ1v) is 12.8. The van der Waals surface area contributed by atoms with Crippen LogP contribution in [0, 0.1) is 6.92 Å². The number of hydrogen-bond acceptors (Lipinski definition) is 1. The SMILES string of the molecule is CCCCCCn1c(-c2ccc(C)cc2)nc(-c2ccc(Br)cc2)c1-c1ccc(Br)cc1. The van der Waals surface area contributed by atoms with Crippen molar-refractivity contribution >= 4 is 31.9 Å². The van der Waals surface area contributed by atoms with Gasteiger partial charge in [-0.1, -0.05) is 112 Å². The molecule has 0 bridgehead atoms. The van der Waals surface area contributed by atoms with Gasteiger partial charge in [0.1, 0.15) is 5.82 Å². The van der Waals surface area contributed by atoms with Crippen LogP contribution in [0.25, 0.3) is 33.9 Å². The number of unbranched alkanes of at least 4 members (excludes halogenated alkanes) is 3. The van der Waals surface area contributed by atoms with Gasteiger partial charge in [-0.2, -0.15) is 0 Å². The van der Waals surface area contributed by atoms with Crippen molar-refractivity contribution in [1.29, 1.82) is 0 Å². The highest BCUT2D eigenvalue weighted by Gasteiger charge is 2.21. The van der Waals surface area contributed by atoms with Gasteiger partial charge in [-0.3, -0.25) is 0 Å². The molecule has 0 aliphatic rings. The Balaban J connectivity index is 1.92. The predicted molar refractivity (Wildman–Crippen MR) is 143 cm³/mol.